The van der Waals surface area contributed by atoms with Crippen LogP contribution in [0.2, 0.25) is 0 Å². The molecule has 0 amide bonds. The number of rotatable bonds is 5. The number of hydrogen-bond donors (Lipinski definition) is 0. The first kappa shape index (κ1) is 17.9. The minimum Gasteiger partial charge on any atom is -0.437 e. The Hall–Kier alpha value is -2.89. The van der Waals surface area contributed by atoms with Gasteiger partial charge in [0.05, 0.1) is 6.20 Å². The van der Waals surface area contributed by atoms with Crippen molar-refractivity contribution in [3.8, 4) is 22.8 Å². The van der Waals surface area contributed by atoms with E-state index in [0.29, 0.717) is 11.6 Å². The molecule has 0 aromatic carbocycles. The second kappa shape index (κ2) is 7.15. The van der Waals surface area contributed by atoms with Crippen molar-refractivity contribution in [1.82, 2.24) is 15.0 Å². The second-order valence-electron chi connectivity index (χ2n) is 6.03. The molecule has 134 valence electrons. The maximum Gasteiger partial charge on any atom is 0.286 e. The molecule has 3 aromatic heterocycles. The number of nitrogens with zero attached hydrogens (tertiary/aromatic N) is 3. The highest BCUT2D eigenvalue weighted by Gasteiger charge is 2.25. The standard InChI is InChI=1S/C20H19F2N3O/c1-4-17-15(9-7-13(2)25-17)16-6-5-11-23-19(16)26-14-8-10-18(24-12-14)20(3,21)22/h5-12H,4H2,1-3H3. The van der Waals surface area contributed by atoms with Crippen molar-refractivity contribution in [1.29, 1.82) is 0 Å². The Balaban J connectivity index is 1.96. The molecule has 0 radical (unpaired) electrons. The maximum absolute atomic E-state index is 13.3. The molecule has 3 rings (SSSR count). The largest absolute Gasteiger partial charge is 0.437 e. The smallest absolute Gasteiger partial charge is 0.286 e. The van der Waals surface area contributed by atoms with Crippen molar-refractivity contribution >= 4 is 0 Å². The molecular weight excluding hydrogens is 336 g/mol. The molecule has 0 saturated heterocycles. The van der Waals surface area contributed by atoms with Crippen molar-refractivity contribution in [3.05, 3.63) is 65.9 Å². The van der Waals surface area contributed by atoms with Crippen LogP contribution in [-0.4, -0.2) is 15.0 Å². The van der Waals surface area contributed by atoms with Gasteiger partial charge >= 0.3 is 0 Å². The fourth-order valence-corrected chi connectivity index (χ4v) is 2.61. The predicted molar refractivity (Wildman–Crippen MR) is 95.5 cm³/mol. The Bertz CT molecular complexity index is 906. The summed E-state index contributed by atoms with van der Waals surface area (Å²) >= 11 is 0. The van der Waals surface area contributed by atoms with Gasteiger partial charge < -0.3 is 4.74 Å². The first-order valence-electron chi connectivity index (χ1n) is 8.32. The molecule has 0 aliphatic heterocycles. The lowest BCUT2D eigenvalue weighted by Gasteiger charge is -2.13. The van der Waals surface area contributed by atoms with Crippen molar-refractivity contribution < 1.29 is 13.5 Å². The van der Waals surface area contributed by atoms with Crippen LogP contribution < -0.4 is 4.74 Å². The Labute approximate surface area is 150 Å². The van der Waals surface area contributed by atoms with E-state index in [2.05, 4.69) is 15.0 Å². The Morgan fingerprint density at radius 3 is 2.50 bits per heavy atom. The average molecular weight is 355 g/mol. The van der Waals surface area contributed by atoms with Gasteiger partial charge in [-0.05, 0) is 43.7 Å². The first-order valence-corrected chi connectivity index (χ1v) is 8.32. The van der Waals surface area contributed by atoms with E-state index in [-0.39, 0.29) is 5.69 Å². The minimum atomic E-state index is -2.99. The van der Waals surface area contributed by atoms with Crippen molar-refractivity contribution in [2.75, 3.05) is 0 Å². The van der Waals surface area contributed by atoms with Crippen LogP contribution in [0.3, 0.4) is 0 Å². The molecule has 26 heavy (non-hydrogen) atoms. The first-order chi connectivity index (χ1) is 12.4. The average Bonchev–Trinajstić information content (AvgIpc) is 2.62. The third kappa shape index (κ3) is 3.85. The summed E-state index contributed by atoms with van der Waals surface area (Å²) in [4.78, 5) is 12.6. The van der Waals surface area contributed by atoms with E-state index in [9.17, 15) is 8.78 Å². The van der Waals surface area contributed by atoms with Crippen LogP contribution in [0.25, 0.3) is 11.1 Å². The lowest BCUT2D eigenvalue weighted by molar-refractivity contribution is 0.0127. The summed E-state index contributed by atoms with van der Waals surface area (Å²) in [6, 6.07) is 10.4. The summed E-state index contributed by atoms with van der Waals surface area (Å²) < 4.78 is 32.4. The van der Waals surface area contributed by atoms with Gasteiger partial charge in [-0.3, -0.25) is 9.97 Å². The van der Waals surface area contributed by atoms with Gasteiger partial charge in [0.15, 0.2) is 0 Å². The number of halogens is 2. The van der Waals surface area contributed by atoms with Crippen LogP contribution >= 0.6 is 0 Å². The Morgan fingerprint density at radius 2 is 1.85 bits per heavy atom. The van der Waals surface area contributed by atoms with Gasteiger partial charge in [0, 0.05) is 35.6 Å². The topological polar surface area (TPSA) is 47.9 Å². The molecule has 0 saturated carbocycles. The lowest BCUT2D eigenvalue weighted by Crippen LogP contribution is -2.09. The fourth-order valence-electron chi connectivity index (χ4n) is 2.61. The van der Waals surface area contributed by atoms with E-state index >= 15 is 0 Å². The van der Waals surface area contributed by atoms with E-state index in [4.69, 9.17) is 4.74 Å². The van der Waals surface area contributed by atoms with Crippen LogP contribution in [-0.2, 0) is 12.3 Å². The summed E-state index contributed by atoms with van der Waals surface area (Å²) in [5, 5.41) is 0. The highest BCUT2D eigenvalue weighted by molar-refractivity contribution is 5.71. The molecule has 0 fully saturated rings. The summed E-state index contributed by atoms with van der Waals surface area (Å²) in [6.07, 6.45) is 3.67. The Kier molecular flexibility index (Phi) is 4.93. The Morgan fingerprint density at radius 1 is 1.04 bits per heavy atom. The number of aromatic nitrogens is 3. The molecule has 3 heterocycles. The van der Waals surface area contributed by atoms with Crippen LogP contribution in [0.1, 0.15) is 30.9 Å². The summed E-state index contributed by atoms with van der Waals surface area (Å²) in [7, 11) is 0. The zero-order valence-electron chi connectivity index (χ0n) is 14.8. The molecule has 4 nitrogen and oxygen atoms in total. The zero-order chi connectivity index (χ0) is 18.7. The molecule has 0 aliphatic carbocycles. The third-order valence-electron chi connectivity index (χ3n) is 3.91. The van der Waals surface area contributed by atoms with Gasteiger partial charge in [0.1, 0.15) is 11.4 Å². The maximum atomic E-state index is 13.3. The van der Waals surface area contributed by atoms with E-state index in [1.807, 2.05) is 38.1 Å². The normalized spacial score (nSPS) is 11.4. The van der Waals surface area contributed by atoms with Crippen LogP contribution in [0.15, 0.2) is 48.8 Å². The molecule has 0 atom stereocenters. The summed E-state index contributed by atoms with van der Waals surface area (Å²) in [5.74, 6) is -2.26. The van der Waals surface area contributed by atoms with E-state index in [0.717, 1.165) is 35.9 Å². The number of pyridine rings is 3. The van der Waals surface area contributed by atoms with Gasteiger partial charge in [-0.2, -0.15) is 8.78 Å². The molecule has 0 N–H and O–H groups in total. The molecule has 0 spiro atoms. The summed E-state index contributed by atoms with van der Waals surface area (Å²) in [5.41, 5.74) is 3.31. The number of hydrogen-bond acceptors (Lipinski definition) is 4. The number of aryl methyl sites for hydroxylation is 2. The molecule has 0 bridgehead atoms. The number of alkyl halides is 2. The highest BCUT2D eigenvalue weighted by Crippen LogP contribution is 2.33. The molecule has 0 aliphatic rings. The van der Waals surface area contributed by atoms with Gasteiger partial charge in [-0.15, -0.1) is 0 Å². The van der Waals surface area contributed by atoms with Crippen LogP contribution in [0.5, 0.6) is 11.6 Å². The predicted octanol–water partition coefficient (Wildman–Crippen LogP) is 5.31. The third-order valence-corrected chi connectivity index (χ3v) is 3.91. The van der Waals surface area contributed by atoms with Crippen molar-refractivity contribution in [2.45, 2.75) is 33.1 Å². The van der Waals surface area contributed by atoms with Gasteiger partial charge in [0.2, 0.25) is 5.88 Å². The molecular formula is C20H19F2N3O. The molecule has 3 aromatic rings. The van der Waals surface area contributed by atoms with Crippen LogP contribution in [0.4, 0.5) is 8.78 Å². The van der Waals surface area contributed by atoms with Crippen LogP contribution in [0, 0.1) is 6.92 Å². The fraction of sp³-hybridized carbons (Fsp3) is 0.250. The minimum absolute atomic E-state index is 0.304. The van der Waals surface area contributed by atoms with Crippen molar-refractivity contribution in [3.63, 3.8) is 0 Å². The van der Waals surface area contributed by atoms with E-state index < -0.39 is 5.92 Å². The van der Waals surface area contributed by atoms with Crippen molar-refractivity contribution in [2.24, 2.45) is 0 Å². The SMILES string of the molecule is CCc1nc(C)ccc1-c1cccnc1Oc1ccc(C(C)(F)F)nc1. The quantitative estimate of drug-likeness (QED) is 0.622. The lowest BCUT2D eigenvalue weighted by atomic mass is 10.0. The summed E-state index contributed by atoms with van der Waals surface area (Å²) in [6.45, 7) is 4.79. The van der Waals surface area contributed by atoms with Gasteiger partial charge in [-0.1, -0.05) is 13.0 Å². The van der Waals surface area contributed by atoms with Gasteiger partial charge in [-0.25, -0.2) is 4.98 Å². The monoisotopic (exact) mass is 355 g/mol. The van der Waals surface area contributed by atoms with E-state index in [1.165, 1.54) is 18.3 Å². The van der Waals surface area contributed by atoms with Gasteiger partial charge in [0.25, 0.3) is 5.92 Å². The zero-order valence-corrected chi connectivity index (χ0v) is 14.8. The number of ether oxygens (including phenoxy) is 1. The highest BCUT2D eigenvalue weighted by atomic mass is 19.3. The molecule has 0 unspecified atom stereocenters. The second-order valence-corrected chi connectivity index (χ2v) is 6.03. The molecule has 6 heteroatoms. The van der Waals surface area contributed by atoms with E-state index in [1.54, 1.807) is 6.20 Å².